The van der Waals surface area contributed by atoms with Crippen molar-refractivity contribution in [2.45, 2.75) is 96.7 Å². The molecule has 0 fully saturated rings. The highest BCUT2D eigenvalue weighted by atomic mass is 16.5. The topological polar surface area (TPSA) is 105 Å². The highest BCUT2D eigenvalue weighted by Crippen LogP contribution is 2.37. The zero-order valence-electron chi connectivity index (χ0n) is 32.2. The maximum absolute atomic E-state index is 13.6. The van der Waals surface area contributed by atoms with E-state index in [1.807, 2.05) is 48.5 Å². The first kappa shape index (κ1) is 39.5. The van der Waals surface area contributed by atoms with Crippen LogP contribution in [0.2, 0.25) is 0 Å². The Balaban J connectivity index is 1.27. The molecule has 4 aromatic rings. The third-order valence-corrected chi connectivity index (χ3v) is 11.0. The first-order valence-corrected chi connectivity index (χ1v) is 19.8. The van der Waals surface area contributed by atoms with Crippen LogP contribution in [0.1, 0.15) is 86.1 Å². The molecule has 0 unspecified atom stereocenters. The van der Waals surface area contributed by atoms with Gasteiger partial charge in [-0.05, 0) is 132 Å². The summed E-state index contributed by atoms with van der Waals surface area (Å²) >= 11 is 0. The highest BCUT2D eigenvalue weighted by molar-refractivity contribution is 5.91. The minimum Gasteiger partial charge on any atom is -0.508 e. The number of phenolic OH excluding ortho intramolecular Hbond substituents is 1. The predicted octanol–water partition coefficient (Wildman–Crippen LogP) is 9.68. The van der Waals surface area contributed by atoms with Crippen molar-refractivity contribution >= 4 is 16.6 Å². The second kappa shape index (κ2) is 19.4. The van der Waals surface area contributed by atoms with Gasteiger partial charge in [0.2, 0.25) is 0 Å². The average Bonchev–Trinajstić information content (AvgIpc) is 3.20. The van der Waals surface area contributed by atoms with E-state index < -0.39 is 6.10 Å². The first-order chi connectivity index (χ1) is 26.8. The average molecular weight is 743 g/mol. The third-order valence-electron chi connectivity index (χ3n) is 11.0. The number of benzene rings is 4. The molecular formula is C48H54O7. The van der Waals surface area contributed by atoms with Crippen molar-refractivity contribution in [1.82, 2.24) is 0 Å². The molecule has 7 nitrogen and oxygen atoms in total. The number of carbonyl (C=O) groups excluding carboxylic acids is 1. The van der Waals surface area contributed by atoms with Gasteiger partial charge in [0.25, 0.3) is 0 Å². The van der Waals surface area contributed by atoms with E-state index in [1.165, 1.54) is 5.56 Å². The first-order valence-electron chi connectivity index (χ1n) is 19.8. The SMILES string of the molecule is CCc1cc(O)c2c3ccc(cc13)COc1cc(ccc1OC)CCC(=O)C[C@H](C[C@H]1C=C(O)C(CCCO)=C[C@H]1CCCCc1ccccc1)OC#CC2. The minimum absolute atomic E-state index is 0.0547. The van der Waals surface area contributed by atoms with E-state index in [1.54, 1.807) is 7.11 Å². The van der Waals surface area contributed by atoms with Gasteiger partial charge in [-0.2, -0.15) is 0 Å². The molecule has 3 atom stereocenters. The van der Waals surface area contributed by atoms with Gasteiger partial charge in [-0.1, -0.05) is 73.9 Å². The van der Waals surface area contributed by atoms with Crippen LogP contribution in [0, 0.1) is 23.9 Å². The Bertz CT molecular complexity index is 2050. The lowest BCUT2D eigenvalue weighted by molar-refractivity contribution is -0.121. The van der Waals surface area contributed by atoms with Crippen LogP contribution in [-0.4, -0.2) is 40.9 Å². The van der Waals surface area contributed by atoms with Crippen molar-refractivity contribution in [3.8, 4) is 29.3 Å². The van der Waals surface area contributed by atoms with E-state index in [2.05, 4.69) is 55.4 Å². The Morgan fingerprint density at radius 3 is 2.51 bits per heavy atom. The molecule has 7 rings (SSSR count). The highest BCUT2D eigenvalue weighted by Gasteiger charge is 2.29. The van der Waals surface area contributed by atoms with Crippen LogP contribution in [0.3, 0.4) is 0 Å². The number of allylic oxidation sites excluding steroid dienone is 3. The molecule has 0 saturated heterocycles. The zero-order valence-corrected chi connectivity index (χ0v) is 32.2. The van der Waals surface area contributed by atoms with Crippen molar-refractivity contribution in [2.75, 3.05) is 13.7 Å². The number of ketones is 1. The molecule has 6 bridgehead atoms. The molecule has 4 aromatic carbocycles. The standard InChI is InChI=1S/C48H54O7/c1-3-36-29-46(52)43-16-10-24-54-41(28-39-30-45(51)38(15-9-23-49)27-37(39)14-8-7-13-33-11-5-4-6-12-33)31-40(50)20-17-34-19-22-47(53-2)48(26-34)55-32-35-18-21-42(43)44(36)25-35/h4-6,11-12,18-19,21-22,25-27,29-30,37,39,41,49,51-52H,3,7-9,13-17,20,23,28,31-32H2,1-2H3/t37-,39+,41+/m1/s1. The second-order valence-electron chi connectivity index (χ2n) is 14.8. The molecule has 55 heavy (non-hydrogen) atoms. The monoisotopic (exact) mass is 742 g/mol. The molecule has 288 valence electrons. The van der Waals surface area contributed by atoms with Gasteiger partial charge < -0.3 is 29.5 Å². The maximum atomic E-state index is 13.6. The van der Waals surface area contributed by atoms with Crippen molar-refractivity contribution in [2.24, 2.45) is 11.8 Å². The summed E-state index contributed by atoms with van der Waals surface area (Å²) in [6.07, 6.45) is 14.3. The minimum atomic E-state index is -0.500. The van der Waals surface area contributed by atoms with Crippen LogP contribution in [-0.2, 0) is 41.8 Å². The van der Waals surface area contributed by atoms with Crippen molar-refractivity contribution in [1.29, 1.82) is 0 Å². The Morgan fingerprint density at radius 2 is 1.71 bits per heavy atom. The number of methoxy groups -OCH3 is 1. The molecule has 0 saturated carbocycles. The van der Waals surface area contributed by atoms with Crippen LogP contribution in [0.25, 0.3) is 10.8 Å². The maximum Gasteiger partial charge on any atom is 0.161 e. The Morgan fingerprint density at radius 1 is 0.873 bits per heavy atom. The largest absolute Gasteiger partial charge is 0.508 e. The summed E-state index contributed by atoms with van der Waals surface area (Å²) in [5, 5.41) is 33.7. The summed E-state index contributed by atoms with van der Waals surface area (Å²) in [7, 11) is 1.62. The van der Waals surface area contributed by atoms with Crippen molar-refractivity contribution in [3.63, 3.8) is 0 Å². The molecule has 0 radical (unpaired) electrons. The van der Waals surface area contributed by atoms with Gasteiger partial charge >= 0.3 is 0 Å². The Labute approximate surface area is 325 Å². The zero-order chi connectivity index (χ0) is 38.6. The van der Waals surface area contributed by atoms with Crippen LogP contribution in [0.5, 0.6) is 17.2 Å². The number of aryl methyl sites for hydroxylation is 3. The fourth-order valence-electron chi connectivity index (χ4n) is 7.95. The summed E-state index contributed by atoms with van der Waals surface area (Å²) in [5.41, 5.74) is 5.92. The molecular weight excluding hydrogens is 689 g/mol. The summed E-state index contributed by atoms with van der Waals surface area (Å²) < 4.78 is 18.2. The predicted molar refractivity (Wildman–Crippen MR) is 217 cm³/mol. The Hall–Kier alpha value is -5.19. The summed E-state index contributed by atoms with van der Waals surface area (Å²) in [6, 6.07) is 24.3. The fourth-order valence-corrected chi connectivity index (χ4v) is 7.95. The van der Waals surface area contributed by atoms with Gasteiger partial charge in [0.1, 0.15) is 36.1 Å². The number of aliphatic hydroxyl groups excluding tert-OH is 2. The van der Waals surface area contributed by atoms with Crippen LogP contribution < -0.4 is 9.47 Å². The van der Waals surface area contributed by atoms with Crippen molar-refractivity contribution < 1.29 is 34.3 Å². The van der Waals surface area contributed by atoms with Gasteiger partial charge in [0, 0.05) is 31.4 Å². The van der Waals surface area contributed by atoms with Gasteiger partial charge in [-0.25, -0.2) is 0 Å². The lowest BCUT2D eigenvalue weighted by atomic mass is 9.77. The number of ether oxygens (including phenoxy) is 3. The van der Waals surface area contributed by atoms with Crippen molar-refractivity contribution in [3.05, 3.63) is 124 Å². The summed E-state index contributed by atoms with van der Waals surface area (Å²) in [5.74, 6) is 4.99. The number of hydrogen-bond donors (Lipinski definition) is 3. The lowest BCUT2D eigenvalue weighted by Crippen LogP contribution is -2.25. The van der Waals surface area contributed by atoms with E-state index >= 15 is 0 Å². The second-order valence-corrected chi connectivity index (χ2v) is 14.8. The van der Waals surface area contributed by atoms with Gasteiger partial charge in [0.05, 0.1) is 7.11 Å². The Kier molecular flexibility index (Phi) is 13.9. The molecule has 2 heterocycles. The van der Waals surface area contributed by atoms with Crippen LogP contribution in [0.15, 0.2) is 96.3 Å². The van der Waals surface area contributed by atoms with Gasteiger partial charge in [-0.15, -0.1) is 0 Å². The van der Waals surface area contributed by atoms with Gasteiger partial charge in [0.15, 0.2) is 11.5 Å². The van der Waals surface area contributed by atoms with Crippen LogP contribution >= 0.6 is 0 Å². The normalized spacial score (nSPS) is 18.9. The van der Waals surface area contributed by atoms with E-state index in [-0.39, 0.29) is 48.6 Å². The molecule has 2 aliphatic heterocycles. The van der Waals surface area contributed by atoms with Gasteiger partial charge in [-0.3, -0.25) is 4.79 Å². The molecule has 3 aliphatic rings. The molecule has 3 N–H and O–H groups in total. The molecule has 0 amide bonds. The quantitative estimate of drug-likeness (QED) is 0.0981. The number of Topliss-reactive ketones (excluding diaryl/α,β-unsaturated/α-hetero) is 1. The molecule has 0 spiro atoms. The van der Waals surface area contributed by atoms with E-state index in [0.717, 1.165) is 70.7 Å². The number of aliphatic hydroxyl groups is 2. The fraction of sp³-hybridized carbons (Fsp3) is 0.396. The van der Waals surface area contributed by atoms with E-state index in [4.69, 9.17) is 14.2 Å². The van der Waals surface area contributed by atoms with Crippen LogP contribution in [0.4, 0.5) is 0 Å². The number of aromatic hydroxyl groups is 1. The number of carbonyl (C=O) groups is 1. The van der Waals surface area contributed by atoms with E-state index in [0.29, 0.717) is 50.2 Å². The number of fused-ring (bicyclic) bond motifs is 9. The number of rotatable bonds is 12. The number of hydrogen-bond acceptors (Lipinski definition) is 7. The summed E-state index contributed by atoms with van der Waals surface area (Å²) in [4.78, 5) is 13.6. The molecule has 1 aliphatic carbocycles. The lowest BCUT2D eigenvalue weighted by Gasteiger charge is -2.30. The molecule has 7 heteroatoms. The number of unbranched alkanes of at least 4 members (excludes halogenated alkanes) is 1. The number of phenols is 1. The molecule has 0 aromatic heterocycles. The summed E-state index contributed by atoms with van der Waals surface area (Å²) in [6.45, 7) is 2.47. The smallest absolute Gasteiger partial charge is 0.161 e. The third kappa shape index (κ3) is 10.5. The van der Waals surface area contributed by atoms with E-state index in [9.17, 15) is 20.1 Å².